The topological polar surface area (TPSA) is 59.0 Å². The molecule has 0 aromatic heterocycles. The second-order valence-corrected chi connectivity index (χ2v) is 3.46. The SMILES string of the molecule is N#Cc1ccc(OC2CC2)c(CN)c1. The molecule has 1 saturated carbocycles. The van der Waals surface area contributed by atoms with Gasteiger partial charge in [0.25, 0.3) is 0 Å². The molecular formula is C11H12N2O. The van der Waals surface area contributed by atoms with Crippen LogP contribution in [0.4, 0.5) is 0 Å². The lowest BCUT2D eigenvalue weighted by atomic mass is 10.1. The summed E-state index contributed by atoms with van der Waals surface area (Å²) in [6, 6.07) is 7.47. The van der Waals surface area contributed by atoms with Gasteiger partial charge in [0.1, 0.15) is 5.75 Å². The second-order valence-electron chi connectivity index (χ2n) is 3.46. The summed E-state index contributed by atoms with van der Waals surface area (Å²) in [4.78, 5) is 0. The molecule has 0 radical (unpaired) electrons. The van der Waals surface area contributed by atoms with Crippen LogP contribution in [0.15, 0.2) is 18.2 Å². The van der Waals surface area contributed by atoms with Crippen LogP contribution in [0.1, 0.15) is 24.0 Å². The maximum absolute atomic E-state index is 8.71. The van der Waals surface area contributed by atoms with Crippen LogP contribution in [-0.2, 0) is 6.54 Å². The molecule has 0 unspecified atom stereocenters. The summed E-state index contributed by atoms with van der Waals surface area (Å²) in [5.41, 5.74) is 7.13. The van der Waals surface area contributed by atoms with Crippen molar-refractivity contribution in [3.05, 3.63) is 29.3 Å². The third-order valence-electron chi connectivity index (χ3n) is 2.23. The molecule has 1 aromatic carbocycles. The van der Waals surface area contributed by atoms with E-state index in [4.69, 9.17) is 15.7 Å². The van der Waals surface area contributed by atoms with E-state index < -0.39 is 0 Å². The van der Waals surface area contributed by atoms with Gasteiger partial charge in [-0.2, -0.15) is 5.26 Å². The number of hydrogen-bond donors (Lipinski definition) is 1. The average molecular weight is 188 g/mol. The summed E-state index contributed by atoms with van der Waals surface area (Å²) < 4.78 is 5.66. The summed E-state index contributed by atoms with van der Waals surface area (Å²) in [6.45, 7) is 0.414. The van der Waals surface area contributed by atoms with Crippen molar-refractivity contribution in [3.63, 3.8) is 0 Å². The van der Waals surface area contributed by atoms with E-state index in [1.807, 2.05) is 6.07 Å². The smallest absolute Gasteiger partial charge is 0.124 e. The highest BCUT2D eigenvalue weighted by Crippen LogP contribution is 2.29. The third kappa shape index (κ3) is 1.86. The highest BCUT2D eigenvalue weighted by molar-refractivity contribution is 5.42. The zero-order valence-electron chi connectivity index (χ0n) is 7.86. The normalized spacial score (nSPS) is 14.9. The van der Waals surface area contributed by atoms with E-state index in [0.717, 1.165) is 24.2 Å². The number of hydrogen-bond acceptors (Lipinski definition) is 3. The van der Waals surface area contributed by atoms with Crippen LogP contribution in [0, 0.1) is 11.3 Å². The molecule has 1 aromatic rings. The van der Waals surface area contributed by atoms with Gasteiger partial charge in [-0.05, 0) is 31.0 Å². The zero-order valence-corrected chi connectivity index (χ0v) is 7.86. The van der Waals surface area contributed by atoms with E-state index in [-0.39, 0.29) is 0 Å². The molecule has 0 spiro atoms. The van der Waals surface area contributed by atoms with Crippen LogP contribution in [0.25, 0.3) is 0 Å². The Labute approximate surface area is 83.1 Å². The van der Waals surface area contributed by atoms with Gasteiger partial charge in [-0.3, -0.25) is 0 Å². The number of benzene rings is 1. The number of nitrogens with two attached hydrogens (primary N) is 1. The maximum Gasteiger partial charge on any atom is 0.124 e. The van der Waals surface area contributed by atoms with Gasteiger partial charge in [0.05, 0.1) is 17.7 Å². The molecule has 0 bridgehead atoms. The highest BCUT2D eigenvalue weighted by atomic mass is 16.5. The Kier molecular flexibility index (Phi) is 2.38. The maximum atomic E-state index is 8.71. The largest absolute Gasteiger partial charge is 0.490 e. The number of rotatable bonds is 3. The first kappa shape index (κ1) is 9.04. The van der Waals surface area contributed by atoms with Crippen LogP contribution in [0.2, 0.25) is 0 Å². The Hall–Kier alpha value is -1.53. The van der Waals surface area contributed by atoms with E-state index in [2.05, 4.69) is 6.07 Å². The molecule has 0 aliphatic heterocycles. The number of ether oxygens (including phenoxy) is 1. The van der Waals surface area contributed by atoms with Crippen molar-refractivity contribution < 1.29 is 4.74 Å². The monoisotopic (exact) mass is 188 g/mol. The Morgan fingerprint density at radius 3 is 2.86 bits per heavy atom. The molecule has 1 aliphatic rings. The molecule has 0 heterocycles. The Bertz CT molecular complexity index is 377. The Morgan fingerprint density at radius 1 is 1.50 bits per heavy atom. The van der Waals surface area contributed by atoms with Gasteiger partial charge in [-0.25, -0.2) is 0 Å². The molecule has 0 saturated heterocycles. The van der Waals surface area contributed by atoms with Crippen LogP contribution < -0.4 is 10.5 Å². The summed E-state index contributed by atoms with van der Waals surface area (Å²) in [6.07, 6.45) is 2.63. The van der Waals surface area contributed by atoms with Crippen LogP contribution in [0.3, 0.4) is 0 Å². The van der Waals surface area contributed by atoms with Crippen molar-refractivity contribution in [2.24, 2.45) is 5.73 Å². The molecule has 0 atom stereocenters. The minimum atomic E-state index is 0.369. The molecule has 0 amide bonds. The predicted octanol–water partition coefficient (Wildman–Crippen LogP) is 1.56. The van der Waals surface area contributed by atoms with Crippen molar-refractivity contribution >= 4 is 0 Å². The van der Waals surface area contributed by atoms with E-state index in [1.165, 1.54) is 0 Å². The molecular weight excluding hydrogens is 176 g/mol. The van der Waals surface area contributed by atoms with Gasteiger partial charge in [0.15, 0.2) is 0 Å². The Morgan fingerprint density at radius 2 is 2.29 bits per heavy atom. The fourth-order valence-electron chi connectivity index (χ4n) is 1.29. The zero-order chi connectivity index (χ0) is 9.97. The molecule has 72 valence electrons. The fraction of sp³-hybridized carbons (Fsp3) is 0.364. The average Bonchev–Trinajstić information content (AvgIpc) is 3.02. The van der Waals surface area contributed by atoms with Crippen molar-refractivity contribution in [3.8, 4) is 11.8 Å². The van der Waals surface area contributed by atoms with Gasteiger partial charge in [0, 0.05) is 12.1 Å². The van der Waals surface area contributed by atoms with Crippen molar-refractivity contribution in [2.75, 3.05) is 0 Å². The summed E-state index contributed by atoms with van der Waals surface area (Å²) in [5, 5.41) is 8.71. The van der Waals surface area contributed by atoms with E-state index in [9.17, 15) is 0 Å². The lowest BCUT2D eigenvalue weighted by molar-refractivity contribution is 0.300. The fourth-order valence-corrected chi connectivity index (χ4v) is 1.29. The van der Waals surface area contributed by atoms with Crippen LogP contribution in [0.5, 0.6) is 5.75 Å². The number of nitrogens with zero attached hydrogens (tertiary/aromatic N) is 1. The second kappa shape index (κ2) is 3.69. The van der Waals surface area contributed by atoms with Crippen molar-refractivity contribution in [1.29, 1.82) is 5.26 Å². The van der Waals surface area contributed by atoms with Crippen LogP contribution >= 0.6 is 0 Å². The van der Waals surface area contributed by atoms with E-state index in [0.29, 0.717) is 18.2 Å². The molecule has 14 heavy (non-hydrogen) atoms. The van der Waals surface area contributed by atoms with E-state index in [1.54, 1.807) is 12.1 Å². The minimum Gasteiger partial charge on any atom is -0.490 e. The van der Waals surface area contributed by atoms with Gasteiger partial charge >= 0.3 is 0 Å². The Balaban J connectivity index is 2.25. The van der Waals surface area contributed by atoms with Gasteiger partial charge in [-0.15, -0.1) is 0 Å². The van der Waals surface area contributed by atoms with Gasteiger partial charge in [0.2, 0.25) is 0 Å². The first-order chi connectivity index (χ1) is 6.83. The standard InChI is InChI=1S/C11H12N2O/c12-6-8-1-4-11(9(5-8)7-13)14-10-2-3-10/h1,4-5,10H,2-3,7,13H2. The number of nitriles is 1. The molecule has 3 nitrogen and oxygen atoms in total. The molecule has 2 rings (SSSR count). The van der Waals surface area contributed by atoms with Gasteiger partial charge in [-0.1, -0.05) is 0 Å². The summed E-state index contributed by atoms with van der Waals surface area (Å²) >= 11 is 0. The lowest BCUT2D eigenvalue weighted by Crippen LogP contribution is -2.04. The summed E-state index contributed by atoms with van der Waals surface area (Å²) in [7, 11) is 0. The molecule has 2 N–H and O–H groups in total. The minimum absolute atomic E-state index is 0.369. The summed E-state index contributed by atoms with van der Waals surface area (Å²) in [5.74, 6) is 0.828. The molecule has 1 aliphatic carbocycles. The molecule has 3 heteroatoms. The predicted molar refractivity (Wildman–Crippen MR) is 52.7 cm³/mol. The molecule has 1 fully saturated rings. The van der Waals surface area contributed by atoms with Crippen LogP contribution in [-0.4, -0.2) is 6.10 Å². The third-order valence-corrected chi connectivity index (χ3v) is 2.23. The highest BCUT2D eigenvalue weighted by Gasteiger charge is 2.24. The quantitative estimate of drug-likeness (QED) is 0.783. The first-order valence-corrected chi connectivity index (χ1v) is 4.73. The van der Waals surface area contributed by atoms with E-state index >= 15 is 0 Å². The van der Waals surface area contributed by atoms with Crippen molar-refractivity contribution in [2.45, 2.75) is 25.5 Å². The lowest BCUT2D eigenvalue weighted by Gasteiger charge is -2.09. The van der Waals surface area contributed by atoms with Gasteiger partial charge < -0.3 is 10.5 Å². The van der Waals surface area contributed by atoms with Crippen molar-refractivity contribution in [1.82, 2.24) is 0 Å². The first-order valence-electron chi connectivity index (χ1n) is 4.73.